The Balaban J connectivity index is 1.93. The molecule has 2 heteroatoms. The molecule has 1 aromatic carbocycles. The third-order valence-electron chi connectivity index (χ3n) is 3.44. The van der Waals surface area contributed by atoms with Gasteiger partial charge in [0.1, 0.15) is 5.75 Å². The molecule has 0 aromatic heterocycles. The van der Waals surface area contributed by atoms with Crippen molar-refractivity contribution in [2.75, 3.05) is 19.6 Å². The molecule has 0 radical (unpaired) electrons. The molecule has 2 nitrogen and oxygen atoms in total. The number of hydrogen-bond donors (Lipinski definition) is 1. The summed E-state index contributed by atoms with van der Waals surface area (Å²) in [4.78, 5) is 2.54. The van der Waals surface area contributed by atoms with E-state index in [0.717, 1.165) is 6.54 Å². The molecule has 1 fully saturated rings. The van der Waals surface area contributed by atoms with Gasteiger partial charge in [0.2, 0.25) is 0 Å². The van der Waals surface area contributed by atoms with Crippen molar-refractivity contribution >= 4 is 0 Å². The smallest absolute Gasteiger partial charge is 0.115 e. The second kappa shape index (κ2) is 5.35. The van der Waals surface area contributed by atoms with E-state index in [0.29, 0.717) is 11.7 Å². The Labute approximate surface area is 97.9 Å². The first kappa shape index (κ1) is 11.5. The summed E-state index contributed by atoms with van der Waals surface area (Å²) in [6, 6.07) is 7.73. The van der Waals surface area contributed by atoms with Gasteiger partial charge in [0.15, 0.2) is 0 Å². The monoisotopic (exact) mass is 219 g/mol. The van der Waals surface area contributed by atoms with Crippen molar-refractivity contribution in [3.05, 3.63) is 29.8 Å². The van der Waals surface area contributed by atoms with E-state index in [-0.39, 0.29) is 0 Å². The minimum Gasteiger partial charge on any atom is -0.508 e. The van der Waals surface area contributed by atoms with Crippen LogP contribution in [0.5, 0.6) is 5.75 Å². The predicted molar refractivity (Wildman–Crippen MR) is 66.8 cm³/mol. The molecule has 1 heterocycles. The van der Waals surface area contributed by atoms with Crippen LogP contribution >= 0.6 is 0 Å². The Kier molecular flexibility index (Phi) is 3.83. The Morgan fingerprint density at radius 1 is 1.44 bits per heavy atom. The van der Waals surface area contributed by atoms with Gasteiger partial charge in [0.05, 0.1) is 0 Å². The predicted octanol–water partition coefficient (Wildman–Crippen LogP) is 2.98. The lowest BCUT2D eigenvalue weighted by Crippen LogP contribution is -2.21. The van der Waals surface area contributed by atoms with Crippen molar-refractivity contribution in [3.63, 3.8) is 0 Å². The van der Waals surface area contributed by atoms with E-state index < -0.39 is 0 Å². The summed E-state index contributed by atoms with van der Waals surface area (Å²) in [5, 5.41) is 9.47. The lowest BCUT2D eigenvalue weighted by atomic mass is 9.98. The van der Waals surface area contributed by atoms with E-state index in [4.69, 9.17) is 0 Å². The van der Waals surface area contributed by atoms with Crippen molar-refractivity contribution in [3.8, 4) is 5.75 Å². The molecule has 0 aliphatic carbocycles. The molecule has 1 atom stereocenters. The average Bonchev–Trinajstić information content (AvgIpc) is 2.75. The highest BCUT2D eigenvalue weighted by atomic mass is 16.3. The Morgan fingerprint density at radius 3 is 3.06 bits per heavy atom. The highest BCUT2D eigenvalue weighted by Crippen LogP contribution is 2.28. The van der Waals surface area contributed by atoms with Gasteiger partial charge in [-0.05, 0) is 49.5 Å². The molecule has 0 bridgehead atoms. The van der Waals surface area contributed by atoms with Crippen molar-refractivity contribution in [2.24, 2.45) is 0 Å². The summed E-state index contributed by atoms with van der Waals surface area (Å²) in [6.45, 7) is 5.83. The van der Waals surface area contributed by atoms with Crippen LogP contribution in [0.3, 0.4) is 0 Å². The zero-order chi connectivity index (χ0) is 11.4. The van der Waals surface area contributed by atoms with Gasteiger partial charge >= 0.3 is 0 Å². The maximum atomic E-state index is 9.47. The lowest BCUT2D eigenvalue weighted by molar-refractivity contribution is 0.328. The SMILES string of the molecule is CCCCN1CCC(c2cccc(O)c2)C1. The third-order valence-corrected chi connectivity index (χ3v) is 3.44. The van der Waals surface area contributed by atoms with Crippen LogP contribution in [0, 0.1) is 0 Å². The van der Waals surface area contributed by atoms with E-state index in [1.165, 1.54) is 37.9 Å². The number of phenolic OH excluding ortho intramolecular Hbond substituents is 1. The van der Waals surface area contributed by atoms with E-state index in [9.17, 15) is 5.11 Å². The van der Waals surface area contributed by atoms with Gasteiger partial charge in [-0.2, -0.15) is 0 Å². The summed E-state index contributed by atoms with van der Waals surface area (Å²) < 4.78 is 0. The first-order valence-corrected chi connectivity index (χ1v) is 6.31. The average molecular weight is 219 g/mol. The number of rotatable bonds is 4. The van der Waals surface area contributed by atoms with Crippen LogP contribution in [0.4, 0.5) is 0 Å². The maximum absolute atomic E-state index is 9.47. The normalized spacial score (nSPS) is 21.4. The lowest BCUT2D eigenvalue weighted by Gasteiger charge is -2.15. The fourth-order valence-electron chi connectivity index (χ4n) is 2.47. The summed E-state index contributed by atoms with van der Waals surface area (Å²) in [7, 11) is 0. The van der Waals surface area contributed by atoms with Crippen LogP contribution in [0.2, 0.25) is 0 Å². The number of phenols is 1. The minimum atomic E-state index is 0.393. The van der Waals surface area contributed by atoms with E-state index >= 15 is 0 Å². The standard InChI is InChI=1S/C14H21NO/c1-2-3-8-15-9-7-13(11-15)12-5-4-6-14(16)10-12/h4-6,10,13,16H,2-3,7-9,11H2,1H3. The van der Waals surface area contributed by atoms with Crippen LogP contribution in [-0.4, -0.2) is 29.6 Å². The van der Waals surface area contributed by atoms with Crippen LogP contribution in [0.25, 0.3) is 0 Å². The first-order valence-electron chi connectivity index (χ1n) is 6.31. The van der Waals surface area contributed by atoms with Gasteiger partial charge in [-0.3, -0.25) is 0 Å². The van der Waals surface area contributed by atoms with Crippen LogP contribution in [-0.2, 0) is 0 Å². The second-order valence-electron chi connectivity index (χ2n) is 4.73. The highest BCUT2D eigenvalue weighted by molar-refractivity contribution is 5.30. The molecule has 1 aliphatic rings. The van der Waals surface area contributed by atoms with Crippen LogP contribution < -0.4 is 0 Å². The fourth-order valence-corrected chi connectivity index (χ4v) is 2.47. The molecule has 0 spiro atoms. The molecular weight excluding hydrogens is 198 g/mol. The second-order valence-corrected chi connectivity index (χ2v) is 4.73. The molecule has 1 aromatic rings. The van der Waals surface area contributed by atoms with Gasteiger partial charge in [-0.1, -0.05) is 25.5 Å². The van der Waals surface area contributed by atoms with Gasteiger partial charge in [0.25, 0.3) is 0 Å². The number of benzene rings is 1. The van der Waals surface area contributed by atoms with Gasteiger partial charge in [-0.25, -0.2) is 0 Å². The van der Waals surface area contributed by atoms with Gasteiger partial charge in [0, 0.05) is 6.54 Å². The molecule has 0 saturated carbocycles. The molecule has 1 aliphatic heterocycles. The quantitative estimate of drug-likeness (QED) is 0.841. The van der Waals surface area contributed by atoms with Gasteiger partial charge < -0.3 is 10.0 Å². The maximum Gasteiger partial charge on any atom is 0.115 e. The summed E-state index contributed by atoms with van der Waals surface area (Å²) in [5.74, 6) is 1.01. The zero-order valence-electron chi connectivity index (χ0n) is 10.0. The van der Waals surface area contributed by atoms with Crippen molar-refractivity contribution in [1.82, 2.24) is 4.90 Å². The molecule has 1 N–H and O–H groups in total. The number of unbranched alkanes of at least 4 members (excludes halogenated alkanes) is 1. The number of likely N-dealkylation sites (tertiary alicyclic amines) is 1. The number of nitrogens with zero attached hydrogens (tertiary/aromatic N) is 1. The largest absolute Gasteiger partial charge is 0.508 e. The van der Waals surface area contributed by atoms with Crippen LogP contribution in [0.1, 0.15) is 37.7 Å². The molecule has 1 saturated heterocycles. The molecule has 0 amide bonds. The number of hydrogen-bond acceptors (Lipinski definition) is 2. The van der Waals surface area contributed by atoms with Crippen LogP contribution in [0.15, 0.2) is 24.3 Å². The molecular formula is C14H21NO. The van der Waals surface area contributed by atoms with E-state index in [1.807, 2.05) is 12.1 Å². The summed E-state index contributed by atoms with van der Waals surface area (Å²) in [5.41, 5.74) is 1.29. The van der Waals surface area contributed by atoms with Crippen molar-refractivity contribution in [1.29, 1.82) is 0 Å². The van der Waals surface area contributed by atoms with E-state index in [1.54, 1.807) is 6.07 Å². The first-order chi connectivity index (χ1) is 7.79. The summed E-state index contributed by atoms with van der Waals surface area (Å²) >= 11 is 0. The molecule has 2 rings (SSSR count). The van der Waals surface area contributed by atoms with Crippen molar-refractivity contribution in [2.45, 2.75) is 32.1 Å². The zero-order valence-corrected chi connectivity index (χ0v) is 10.0. The Bertz CT molecular complexity index is 337. The van der Waals surface area contributed by atoms with E-state index in [2.05, 4.69) is 17.9 Å². The topological polar surface area (TPSA) is 23.5 Å². The van der Waals surface area contributed by atoms with Crippen molar-refractivity contribution < 1.29 is 5.11 Å². The Morgan fingerprint density at radius 2 is 2.31 bits per heavy atom. The molecule has 1 unspecified atom stereocenters. The molecule has 16 heavy (non-hydrogen) atoms. The van der Waals surface area contributed by atoms with Gasteiger partial charge in [-0.15, -0.1) is 0 Å². The molecule has 88 valence electrons. The highest BCUT2D eigenvalue weighted by Gasteiger charge is 2.23. The minimum absolute atomic E-state index is 0.393. The third kappa shape index (κ3) is 2.76. The fraction of sp³-hybridized carbons (Fsp3) is 0.571. The Hall–Kier alpha value is -1.02. The summed E-state index contributed by atoms with van der Waals surface area (Å²) in [6.07, 6.45) is 3.80. The number of aromatic hydroxyl groups is 1.